The van der Waals surface area contributed by atoms with Crippen LogP contribution in [0.5, 0.6) is 5.75 Å². The van der Waals surface area contributed by atoms with Crippen LogP contribution in [0.4, 0.5) is 14.5 Å². The molecule has 0 aliphatic rings. The van der Waals surface area contributed by atoms with E-state index in [4.69, 9.17) is 11.6 Å². The number of rotatable bonds is 5. The average molecular weight is 377 g/mol. The first-order valence-electron chi connectivity index (χ1n) is 6.22. The number of hydrogen-bond donors (Lipinski definition) is 1. The number of ether oxygens (including phenoxy) is 1. The molecule has 0 aliphatic heterocycles. The van der Waals surface area contributed by atoms with E-state index < -0.39 is 6.61 Å². The predicted octanol–water partition coefficient (Wildman–Crippen LogP) is 5.88. The molecule has 0 bridgehead atoms. The normalized spacial score (nSPS) is 12.3. The Hall–Kier alpha value is -1.33. The first-order chi connectivity index (χ1) is 9.97. The van der Waals surface area contributed by atoms with Crippen molar-refractivity contribution < 1.29 is 13.5 Å². The Morgan fingerprint density at radius 2 is 1.90 bits per heavy atom. The van der Waals surface area contributed by atoms with E-state index in [1.807, 2.05) is 19.1 Å². The summed E-state index contributed by atoms with van der Waals surface area (Å²) in [5.41, 5.74) is 1.36. The highest BCUT2D eigenvalue weighted by Crippen LogP contribution is 2.32. The van der Waals surface area contributed by atoms with Gasteiger partial charge in [-0.15, -0.1) is 0 Å². The Morgan fingerprint density at radius 3 is 2.57 bits per heavy atom. The van der Waals surface area contributed by atoms with Crippen molar-refractivity contribution in [2.75, 3.05) is 5.32 Å². The molecule has 6 heteroatoms. The van der Waals surface area contributed by atoms with Crippen LogP contribution >= 0.6 is 27.5 Å². The SMILES string of the molecule is CC(Nc1ccc(Br)cc1Cl)c1ccccc1OC(F)F. The van der Waals surface area contributed by atoms with Crippen molar-refractivity contribution in [2.45, 2.75) is 19.6 Å². The van der Waals surface area contributed by atoms with E-state index in [9.17, 15) is 8.78 Å². The highest BCUT2D eigenvalue weighted by molar-refractivity contribution is 9.10. The van der Waals surface area contributed by atoms with Crippen molar-refractivity contribution >= 4 is 33.2 Å². The number of anilines is 1. The third-order valence-corrected chi connectivity index (χ3v) is 3.71. The summed E-state index contributed by atoms with van der Waals surface area (Å²) in [4.78, 5) is 0. The molecule has 0 radical (unpaired) electrons. The molecule has 1 N–H and O–H groups in total. The van der Waals surface area contributed by atoms with E-state index in [2.05, 4.69) is 26.0 Å². The van der Waals surface area contributed by atoms with Crippen LogP contribution in [0.1, 0.15) is 18.5 Å². The molecule has 0 saturated heterocycles. The highest BCUT2D eigenvalue weighted by atomic mass is 79.9. The van der Waals surface area contributed by atoms with Crippen LogP contribution in [0.25, 0.3) is 0 Å². The molecule has 21 heavy (non-hydrogen) atoms. The van der Waals surface area contributed by atoms with Gasteiger partial charge in [0.15, 0.2) is 0 Å². The molecular formula is C15H13BrClF2NO. The van der Waals surface area contributed by atoms with Gasteiger partial charge in [0.25, 0.3) is 0 Å². The van der Waals surface area contributed by atoms with E-state index in [0.717, 1.165) is 10.2 Å². The monoisotopic (exact) mass is 375 g/mol. The Labute approximate surface area is 135 Å². The Kier molecular flexibility index (Phi) is 5.42. The summed E-state index contributed by atoms with van der Waals surface area (Å²) >= 11 is 9.47. The van der Waals surface area contributed by atoms with E-state index in [-0.39, 0.29) is 11.8 Å². The van der Waals surface area contributed by atoms with Gasteiger partial charge in [-0.1, -0.05) is 45.7 Å². The zero-order chi connectivity index (χ0) is 15.4. The minimum atomic E-state index is -2.85. The Bertz CT molecular complexity index is 624. The van der Waals surface area contributed by atoms with Gasteiger partial charge in [0.2, 0.25) is 0 Å². The molecule has 0 spiro atoms. The number of nitrogens with one attached hydrogen (secondary N) is 1. The van der Waals surface area contributed by atoms with Gasteiger partial charge >= 0.3 is 6.61 Å². The molecule has 2 rings (SSSR count). The zero-order valence-electron chi connectivity index (χ0n) is 11.1. The highest BCUT2D eigenvalue weighted by Gasteiger charge is 2.15. The minimum absolute atomic E-state index is 0.153. The number of benzene rings is 2. The van der Waals surface area contributed by atoms with Crippen LogP contribution in [0.2, 0.25) is 5.02 Å². The molecule has 2 aromatic rings. The fraction of sp³-hybridized carbons (Fsp3) is 0.200. The molecule has 1 atom stereocenters. The van der Waals surface area contributed by atoms with Crippen LogP contribution < -0.4 is 10.1 Å². The second kappa shape index (κ2) is 7.09. The molecule has 0 saturated carbocycles. The van der Waals surface area contributed by atoms with Gasteiger partial charge in [-0.3, -0.25) is 0 Å². The molecular weight excluding hydrogens is 364 g/mol. The topological polar surface area (TPSA) is 21.3 Å². The van der Waals surface area contributed by atoms with Crippen molar-refractivity contribution in [3.63, 3.8) is 0 Å². The van der Waals surface area contributed by atoms with Crippen LogP contribution in [0.3, 0.4) is 0 Å². The van der Waals surface area contributed by atoms with Crippen LogP contribution in [-0.2, 0) is 0 Å². The molecule has 2 nitrogen and oxygen atoms in total. The number of halogens is 4. The fourth-order valence-corrected chi connectivity index (χ4v) is 2.69. The van der Waals surface area contributed by atoms with Crippen molar-refractivity contribution in [2.24, 2.45) is 0 Å². The summed E-state index contributed by atoms with van der Waals surface area (Å²) in [5.74, 6) is 0.153. The molecule has 0 heterocycles. The fourth-order valence-electron chi connectivity index (χ4n) is 1.96. The number of para-hydroxylation sites is 1. The van der Waals surface area contributed by atoms with Gasteiger partial charge in [-0.2, -0.15) is 8.78 Å². The zero-order valence-corrected chi connectivity index (χ0v) is 13.5. The van der Waals surface area contributed by atoms with Crippen molar-refractivity contribution in [1.82, 2.24) is 0 Å². The lowest BCUT2D eigenvalue weighted by molar-refractivity contribution is -0.0505. The van der Waals surface area contributed by atoms with E-state index in [1.165, 1.54) is 6.07 Å². The Morgan fingerprint density at radius 1 is 1.19 bits per heavy atom. The first-order valence-corrected chi connectivity index (χ1v) is 7.40. The summed E-state index contributed by atoms with van der Waals surface area (Å²) in [6.07, 6.45) is 0. The summed E-state index contributed by atoms with van der Waals surface area (Å²) < 4.78 is 30.3. The molecule has 1 unspecified atom stereocenters. The van der Waals surface area contributed by atoms with Gasteiger partial charge in [0.05, 0.1) is 16.8 Å². The molecule has 2 aromatic carbocycles. The summed E-state index contributed by atoms with van der Waals surface area (Å²) in [7, 11) is 0. The molecule has 0 fully saturated rings. The second-order valence-electron chi connectivity index (χ2n) is 4.41. The van der Waals surface area contributed by atoms with Crippen molar-refractivity contribution in [3.8, 4) is 5.75 Å². The molecule has 0 aliphatic carbocycles. The van der Waals surface area contributed by atoms with Gasteiger partial charge in [0, 0.05) is 10.0 Å². The van der Waals surface area contributed by atoms with Gasteiger partial charge in [-0.05, 0) is 31.2 Å². The smallest absolute Gasteiger partial charge is 0.387 e. The summed E-state index contributed by atoms with van der Waals surface area (Å²) in [5, 5.41) is 3.73. The average Bonchev–Trinajstić information content (AvgIpc) is 2.42. The number of alkyl halides is 2. The lowest BCUT2D eigenvalue weighted by Crippen LogP contribution is -2.11. The van der Waals surface area contributed by atoms with E-state index in [0.29, 0.717) is 10.6 Å². The third-order valence-electron chi connectivity index (χ3n) is 2.90. The largest absolute Gasteiger partial charge is 0.434 e. The third kappa shape index (κ3) is 4.32. The molecule has 112 valence electrons. The summed E-state index contributed by atoms with van der Waals surface area (Å²) in [6, 6.07) is 11.9. The van der Waals surface area contributed by atoms with Gasteiger partial charge in [0.1, 0.15) is 5.75 Å². The lowest BCUT2D eigenvalue weighted by atomic mass is 10.1. The molecule has 0 aromatic heterocycles. The minimum Gasteiger partial charge on any atom is -0.434 e. The standard InChI is InChI=1S/C15H13BrClF2NO/c1-9(20-13-7-6-10(16)8-12(13)17)11-4-2-3-5-14(11)21-15(18)19/h2-9,15,20H,1H3. The van der Waals surface area contributed by atoms with E-state index >= 15 is 0 Å². The van der Waals surface area contributed by atoms with Crippen molar-refractivity contribution in [3.05, 3.63) is 57.5 Å². The van der Waals surface area contributed by atoms with E-state index in [1.54, 1.807) is 24.3 Å². The maximum atomic E-state index is 12.4. The van der Waals surface area contributed by atoms with Crippen LogP contribution in [0.15, 0.2) is 46.9 Å². The second-order valence-corrected chi connectivity index (χ2v) is 5.73. The molecule has 0 amide bonds. The Balaban J connectivity index is 2.22. The maximum absolute atomic E-state index is 12.4. The van der Waals surface area contributed by atoms with Crippen LogP contribution in [-0.4, -0.2) is 6.61 Å². The first kappa shape index (κ1) is 16.0. The van der Waals surface area contributed by atoms with Crippen LogP contribution in [0, 0.1) is 0 Å². The predicted molar refractivity (Wildman–Crippen MR) is 84.3 cm³/mol. The van der Waals surface area contributed by atoms with Crippen molar-refractivity contribution in [1.29, 1.82) is 0 Å². The number of hydrogen-bond acceptors (Lipinski definition) is 2. The summed E-state index contributed by atoms with van der Waals surface area (Å²) in [6.45, 7) is -0.999. The maximum Gasteiger partial charge on any atom is 0.387 e. The van der Waals surface area contributed by atoms with Gasteiger partial charge < -0.3 is 10.1 Å². The lowest BCUT2D eigenvalue weighted by Gasteiger charge is -2.19. The van der Waals surface area contributed by atoms with Gasteiger partial charge in [-0.25, -0.2) is 0 Å². The quantitative estimate of drug-likeness (QED) is 0.704.